The molecule has 5 heteroatoms. The summed E-state index contributed by atoms with van der Waals surface area (Å²) in [6.45, 7) is 0. The van der Waals surface area contributed by atoms with Crippen LogP contribution in [0.2, 0.25) is 0 Å². The summed E-state index contributed by atoms with van der Waals surface area (Å²) in [4.78, 5) is 8.58. The number of pyridine rings is 2. The van der Waals surface area contributed by atoms with Crippen molar-refractivity contribution in [3.05, 3.63) is 54.9 Å². The van der Waals surface area contributed by atoms with Crippen LogP contribution in [0.3, 0.4) is 0 Å². The molecule has 0 amide bonds. The van der Waals surface area contributed by atoms with Gasteiger partial charge in [0.25, 0.3) is 0 Å². The van der Waals surface area contributed by atoms with E-state index in [1.54, 1.807) is 12.4 Å². The Morgan fingerprint density at radius 1 is 0.800 bits per heavy atom. The summed E-state index contributed by atoms with van der Waals surface area (Å²) in [5.74, 6) is 0. The highest BCUT2D eigenvalue weighted by Crippen LogP contribution is 2.26. The second-order valence-corrected chi connectivity index (χ2v) is 4.17. The van der Waals surface area contributed by atoms with E-state index in [-0.39, 0.29) is 0 Å². The van der Waals surface area contributed by atoms with Gasteiger partial charge in [-0.1, -0.05) is 12.1 Å². The van der Waals surface area contributed by atoms with E-state index >= 15 is 0 Å². The fourth-order valence-electron chi connectivity index (χ4n) is 1.91. The molecule has 0 saturated carbocycles. The standard InChI is InChI=1S/C15H13N5/c1-16-14-10-13(11-6-2-4-8-17-11)19-20-15(14)12-7-3-5-9-18-12/h2-10H,1H3,(H,16,19). The molecule has 0 aromatic carbocycles. The molecule has 20 heavy (non-hydrogen) atoms. The molecule has 0 aliphatic rings. The van der Waals surface area contributed by atoms with Crippen molar-refractivity contribution in [3.63, 3.8) is 0 Å². The summed E-state index contributed by atoms with van der Waals surface area (Å²) >= 11 is 0. The van der Waals surface area contributed by atoms with Crippen LogP contribution >= 0.6 is 0 Å². The molecule has 0 saturated heterocycles. The summed E-state index contributed by atoms with van der Waals surface area (Å²) in [5.41, 5.74) is 3.92. The van der Waals surface area contributed by atoms with Gasteiger partial charge in [-0.15, -0.1) is 10.2 Å². The monoisotopic (exact) mass is 263 g/mol. The number of nitrogens with one attached hydrogen (secondary N) is 1. The number of rotatable bonds is 3. The predicted octanol–water partition coefficient (Wildman–Crippen LogP) is 2.64. The predicted molar refractivity (Wildman–Crippen MR) is 78.0 cm³/mol. The van der Waals surface area contributed by atoms with Crippen molar-refractivity contribution in [3.8, 4) is 22.8 Å². The molecule has 0 aliphatic carbocycles. The zero-order chi connectivity index (χ0) is 13.8. The lowest BCUT2D eigenvalue weighted by molar-refractivity contribution is 1.03. The minimum atomic E-state index is 0.729. The molecule has 3 aromatic heterocycles. The fraction of sp³-hybridized carbons (Fsp3) is 0.0667. The van der Waals surface area contributed by atoms with Crippen LogP contribution < -0.4 is 5.32 Å². The number of hydrogen-bond donors (Lipinski definition) is 1. The van der Waals surface area contributed by atoms with Crippen LogP contribution in [0.25, 0.3) is 22.8 Å². The lowest BCUT2D eigenvalue weighted by Gasteiger charge is -2.08. The van der Waals surface area contributed by atoms with E-state index in [2.05, 4.69) is 25.5 Å². The number of nitrogens with zero attached hydrogens (tertiary/aromatic N) is 4. The smallest absolute Gasteiger partial charge is 0.134 e. The maximum Gasteiger partial charge on any atom is 0.134 e. The average Bonchev–Trinajstić information content (AvgIpc) is 2.56. The summed E-state index contributed by atoms with van der Waals surface area (Å²) in [6.07, 6.45) is 3.48. The summed E-state index contributed by atoms with van der Waals surface area (Å²) < 4.78 is 0. The van der Waals surface area contributed by atoms with Crippen LogP contribution in [0.5, 0.6) is 0 Å². The first-order valence-corrected chi connectivity index (χ1v) is 6.27. The molecule has 0 radical (unpaired) electrons. The van der Waals surface area contributed by atoms with Gasteiger partial charge in [-0.05, 0) is 30.3 Å². The Bertz CT molecular complexity index is 698. The third-order valence-corrected chi connectivity index (χ3v) is 2.90. The van der Waals surface area contributed by atoms with Crippen LogP contribution in [0.4, 0.5) is 5.69 Å². The van der Waals surface area contributed by atoms with Crippen LogP contribution in [-0.4, -0.2) is 27.2 Å². The van der Waals surface area contributed by atoms with E-state index in [0.29, 0.717) is 0 Å². The Morgan fingerprint density at radius 2 is 1.50 bits per heavy atom. The molecule has 5 nitrogen and oxygen atoms in total. The zero-order valence-corrected chi connectivity index (χ0v) is 11.0. The molecule has 0 unspecified atom stereocenters. The van der Waals surface area contributed by atoms with Crippen molar-refractivity contribution in [1.82, 2.24) is 20.2 Å². The van der Waals surface area contributed by atoms with Crippen molar-refractivity contribution >= 4 is 5.69 Å². The first kappa shape index (κ1) is 12.2. The number of anilines is 1. The molecule has 3 aromatic rings. The molecule has 1 N–H and O–H groups in total. The fourth-order valence-corrected chi connectivity index (χ4v) is 1.91. The molecular formula is C15H13N5. The lowest BCUT2D eigenvalue weighted by atomic mass is 10.2. The van der Waals surface area contributed by atoms with Crippen LogP contribution in [0, 0.1) is 0 Å². The first-order valence-electron chi connectivity index (χ1n) is 6.27. The normalized spacial score (nSPS) is 10.2. The van der Waals surface area contributed by atoms with E-state index in [4.69, 9.17) is 0 Å². The molecule has 0 fully saturated rings. The van der Waals surface area contributed by atoms with Gasteiger partial charge in [-0.25, -0.2) is 0 Å². The second-order valence-electron chi connectivity index (χ2n) is 4.17. The molecule has 98 valence electrons. The van der Waals surface area contributed by atoms with E-state index in [9.17, 15) is 0 Å². The topological polar surface area (TPSA) is 63.6 Å². The third kappa shape index (κ3) is 2.33. The Hall–Kier alpha value is -2.82. The van der Waals surface area contributed by atoms with Gasteiger partial charge in [0.2, 0.25) is 0 Å². The zero-order valence-electron chi connectivity index (χ0n) is 11.0. The van der Waals surface area contributed by atoms with Crippen molar-refractivity contribution in [2.24, 2.45) is 0 Å². The summed E-state index contributed by atoms with van der Waals surface area (Å²) in [5, 5.41) is 11.7. The first-order chi connectivity index (χ1) is 9.88. The molecular weight excluding hydrogens is 250 g/mol. The summed E-state index contributed by atoms with van der Waals surface area (Å²) in [6, 6.07) is 13.3. The molecule has 3 heterocycles. The minimum Gasteiger partial charge on any atom is -0.386 e. The van der Waals surface area contributed by atoms with Crippen molar-refractivity contribution in [2.75, 3.05) is 12.4 Å². The van der Waals surface area contributed by atoms with E-state index < -0.39 is 0 Å². The highest BCUT2D eigenvalue weighted by molar-refractivity contribution is 5.74. The van der Waals surface area contributed by atoms with Gasteiger partial charge < -0.3 is 5.32 Å². The molecule has 0 spiro atoms. The summed E-state index contributed by atoms with van der Waals surface area (Å²) in [7, 11) is 1.85. The van der Waals surface area contributed by atoms with Gasteiger partial charge in [0.15, 0.2) is 0 Å². The Kier molecular flexibility index (Phi) is 3.33. The van der Waals surface area contributed by atoms with Gasteiger partial charge in [0, 0.05) is 19.4 Å². The second kappa shape index (κ2) is 5.44. The van der Waals surface area contributed by atoms with E-state index in [1.807, 2.05) is 49.5 Å². The lowest BCUT2D eigenvalue weighted by Crippen LogP contribution is -2.00. The minimum absolute atomic E-state index is 0.729. The van der Waals surface area contributed by atoms with E-state index in [0.717, 1.165) is 28.5 Å². The van der Waals surface area contributed by atoms with E-state index in [1.165, 1.54) is 0 Å². The highest BCUT2D eigenvalue weighted by Gasteiger charge is 2.10. The quantitative estimate of drug-likeness (QED) is 0.787. The van der Waals surface area contributed by atoms with Crippen LogP contribution in [0.1, 0.15) is 0 Å². The van der Waals surface area contributed by atoms with Crippen molar-refractivity contribution < 1.29 is 0 Å². The average molecular weight is 263 g/mol. The maximum atomic E-state index is 4.30. The highest BCUT2D eigenvalue weighted by atomic mass is 15.1. The van der Waals surface area contributed by atoms with Crippen LogP contribution in [0.15, 0.2) is 54.9 Å². The maximum absolute atomic E-state index is 4.30. The number of aromatic nitrogens is 4. The van der Waals surface area contributed by atoms with Gasteiger partial charge in [0.1, 0.15) is 11.4 Å². The van der Waals surface area contributed by atoms with Crippen LogP contribution in [-0.2, 0) is 0 Å². The molecule has 0 aliphatic heterocycles. The SMILES string of the molecule is CNc1cc(-c2ccccn2)nnc1-c1ccccn1. The van der Waals surface area contributed by atoms with Gasteiger partial charge >= 0.3 is 0 Å². The third-order valence-electron chi connectivity index (χ3n) is 2.90. The van der Waals surface area contributed by atoms with Gasteiger partial charge in [0.05, 0.1) is 17.1 Å². The molecule has 0 atom stereocenters. The Morgan fingerprint density at radius 3 is 2.10 bits per heavy atom. The number of hydrogen-bond acceptors (Lipinski definition) is 5. The van der Waals surface area contributed by atoms with Gasteiger partial charge in [-0.3, -0.25) is 9.97 Å². The Labute approximate surface area is 116 Å². The van der Waals surface area contributed by atoms with Gasteiger partial charge in [-0.2, -0.15) is 0 Å². The largest absolute Gasteiger partial charge is 0.386 e. The van der Waals surface area contributed by atoms with Crippen molar-refractivity contribution in [2.45, 2.75) is 0 Å². The molecule has 0 bridgehead atoms. The Balaban J connectivity index is 2.07. The van der Waals surface area contributed by atoms with Crippen molar-refractivity contribution in [1.29, 1.82) is 0 Å². The molecule has 3 rings (SSSR count).